The van der Waals surface area contributed by atoms with Gasteiger partial charge >= 0.3 is 0 Å². The van der Waals surface area contributed by atoms with E-state index in [-0.39, 0.29) is 11.7 Å². The standard InChI is InChI=1S/C20H20FN3O/c1-14-6-2-4-8-17(14)19-22-20(25-23-19)16-10-11-24(13-16)12-15-7-3-5-9-18(15)21/h2-9,16H,10-13H2,1H3. The number of aromatic nitrogens is 2. The number of hydrogen-bond acceptors (Lipinski definition) is 4. The van der Waals surface area contributed by atoms with Crippen molar-refractivity contribution in [2.75, 3.05) is 13.1 Å². The van der Waals surface area contributed by atoms with Crippen LogP contribution in [0.3, 0.4) is 0 Å². The molecule has 0 radical (unpaired) electrons. The lowest BCUT2D eigenvalue weighted by atomic mass is 10.1. The van der Waals surface area contributed by atoms with Gasteiger partial charge in [-0.3, -0.25) is 4.90 Å². The first-order valence-electron chi connectivity index (χ1n) is 8.56. The van der Waals surface area contributed by atoms with Crippen LogP contribution in [0.15, 0.2) is 53.1 Å². The normalized spacial score (nSPS) is 17.9. The molecule has 1 aliphatic rings. The molecule has 1 unspecified atom stereocenters. The van der Waals surface area contributed by atoms with E-state index in [1.165, 1.54) is 6.07 Å². The second kappa shape index (κ2) is 6.76. The molecule has 0 aliphatic carbocycles. The molecule has 0 N–H and O–H groups in total. The van der Waals surface area contributed by atoms with E-state index in [4.69, 9.17) is 4.52 Å². The molecule has 0 amide bonds. The van der Waals surface area contributed by atoms with E-state index >= 15 is 0 Å². The molecule has 2 heterocycles. The zero-order valence-corrected chi connectivity index (χ0v) is 14.2. The van der Waals surface area contributed by atoms with Crippen LogP contribution in [0.4, 0.5) is 4.39 Å². The van der Waals surface area contributed by atoms with Gasteiger partial charge in [-0.15, -0.1) is 0 Å². The summed E-state index contributed by atoms with van der Waals surface area (Å²) in [4.78, 5) is 6.84. The summed E-state index contributed by atoms with van der Waals surface area (Å²) < 4.78 is 19.3. The molecule has 4 rings (SSSR count). The number of nitrogens with zero attached hydrogens (tertiary/aromatic N) is 3. The third kappa shape index (κ3) is 3.33. The van der Waals surface area contributed by atoms with Crippen LogP contribution < -0.4 is 0 Å². The van der Waals surface area contributed by atoms with Crippen molar-refractivity contribution < 1.29 is 8.91 Å². The highest BCUT2D eigenvalue weighted by Crippen LogP contribution is 2.29. The minimum Gasteiger partial charge on any atom is -0.339 e. The fraction of sp³-hybridized carbons (Fsp3) is 0.300. The van der Waals surface area contributed by atoms with Crippen molar-refractivity contribution in [3.8, 4) is 11.4 Å². The summed E-state index contributed by atoms with van der Waals surface area (Å²) in [6.07, 6.45) is 0.948. The lowest BCUT2D eigenvalue weighted by Crippen LogP contribution is -2.20. The molecule has 0 spiro atoms. The van der Waals surface area contributed by atoms with Crippen LogP contribution in [0.1, 0.15) is 29.4 Å². The van der Waals surface area contributed by atoms with Crippen LogP contribution in [0.5, 0.6) is 0 Å². The maximum absolute atomic E-state index is 13.8. The fourth-order valence-electron chi connectivity index (χ4n) is 3.38. The van der Waals surface area contributed by atoms with Gasteiger partial charge in [-0.25, -0.2) is 4.39 Å². The Morgan fingerprint density at radius 3 is 2.80 bits per heavy atom. The van der Waals surface area contributed by atoms with E-state index in [1.54, 1.807) is 6.07 Å². The maximum atomic E-state index is 13.8. The first kappa shape index (κ1) is 16.0. The molecule has 0 saturated carbocycles. The monoisotopic (exact) mass is 337 g/mol. The Kier molecular flexibility index (Phi) is 4.32. The molecule has 2 aromatic carbocycles. The smallest absolute Gasteiger partial charge is 0.231 e. The van der Waals surface area contributed by atoms with Crippen molar-refractivity contribution in [1.29, 1.82) is 0 Å². The quantitative estimate of drug-likeness (QED) is 0.716. The predicted molar refractivity (Wildman–Crippen MR) is 93.5 cm³/mol. The Bertz CT molecular complexity index is 877. The minimum absolute atomic E-state index is 0.148. The summed E-state index contributed by atoms with van der Waals surface area (Å²) in [5.41, 5.74) is 2.86. The van der Waals surface area contributed by atoms with Crippen molar-refractivity contribution in [2.24, 2.45) is 0 Å². The van der Waals surface area contributed by atoms with E-state index in [0.29, 0.717) is 18.3 Å². The van der Waals surface area contributed by atoms with E-state index in [9.17, 15) is 4.39 Å². The summed E-state index contributed by atoms with van der Waals surface area (Å²) in [5.74, 6) is 1.37. The first-order valence-corrected chi connectivity index (χ1v) is 8.56. The Balaban J connectivity index is 1.46. The summed E-state index contributed by atoms with van der Waals surface area (Å²) in [6, 6.07) is 15.0. The number of likely N-dealkylation sites (tertiary alicyclic amines) is 1. The number of rotatable bonds is 4. The van der Waals surface area contributed by atoms with Crippen LogP contribution in [0, 0.1) is 12.7 Å². The molecule has 1 fully saturated rings. The van der Waals surface area contributed by atoms with E-state index in [0.717, 1.165) is 36.2 Å². The molecule has 25 heavy (non-hydrogen) atoms. The summed E-state index contributed by atoms with van der Waals surface area (Å²) in [7, 11) is 0. The second-order valence-corrected chi connectivity index (χ2v) is 6.58. The lowest BCUT2D eigenvalue weighted by molar-refractivity contribution is 0.305. The van der Waals surface area contributed by atoms with Crippen molar-refractivity contribution in [3.05, 3.63) is 71.4 Å². The molecule has 4 nitrogen and oxygen atoms in total. The number of halogens is 1. The highest BCUT2D eigenvalue weighted by molar-refractivity contribution is 5.59. The average molecular weight is 337 g/mol. The molecule has 1 aliphatic heterocycles. The van der Waals surface area contributed by atoms with Gasteiger partial charge in [0.1, 0.15) is 5.82 Å². The summed E-state index contributed by atoms with van der Waals surface area (Å²) in [5, 5.41) is 4.15. The largest absolute Gasteiger partial charge is 0.339 e. The molecular formula is C20H20FN3O. The second-order valence-electron chi connectivity index (χ2n) is 6.58. The first-order chi connectivity index (χ1) is 12.2. The zero-order valence-electron chi connectivity index (χ0n) is 14.2. The van der Waals surface area contributed by atoms with Crippen LogP contribution in [-0.4, -0.2) is 28.1 Å². The van der Waals surface area contributed by atoms with Gasteiger partial charge in [0.05, 0.1) is 5.92 Å². The van der Waals surface area contributed by atoms with E-state index in [2.05, 4.69) is 15.0 Å². The minimum atomic E-state index is -0.148. The summed E-state index contributed by atoms with van der Waals surface area (Å²) in [6.45, 7) is 4.36. The van der Waals surface area contributed by atoms with Gasteiger partial charge in [0.15, 0.2) is 0 Å². The third-order valence-electron chi connectivity index (χ3n) is 4.80. The lowest BCUT2D eigenvalue weighted by Gasteiger charge is -2.15. The molecule has 1 aromatic heterocycles. The van der Waals surface area contributed by atoms with Gasteiger partial charge in [-0.1, -0.05) is 47.6 Å². The molecule has 128 valence electrons. The Hall–Kier alpha value is -2.53. The number of benzene rings is 2. The Labute approximate surface area is 146 Å². The summed E-state index contributed by atoms with van der Waals surface area (Å²) >= 11 is 0. The number of hydrogen-bond donors (Lipinski definition) is 0. The van der Waals surface area contributed by atoms with Gasteiger partial charge < -0.3 is 4.52 Å². The van der Waals surface area contributed by atoms with E-state index in [1.807, 2.05) is 43.3 Å². The Morgan fingerprint density at radius 2 is 1.96 bits per heavy atom. The number of aryl methyl sites for hydroxylation is 1. The molecule has 5 heteroatoms. The van der Waals surface area contributed by atoms with Gasteiger partial charge in [0.2, 0.25) is 11.7 Å². The highest BCUT2D eigenvalue weighted by Gasteiger charge is 2.29. The molecule has 1 saturated heterocycles. The van der Waals surface area contributed by atoms with Crippen LogP contribution in [0.25, 0.3) is 11.4 Å². The van der Waals surface area contributed by atoms with Gasteiger partial charge in [0.25, 0.3) is 0 Å². The molecule has 1 atom stereocenters. The van der Waals surface area contributed by atoms with Crippen LogP contribution >= 0.6 is 0 Å². The molecule has 3 aromatic rings. The van der Waals surface area contributed by atoms with Gasteiger partial charge in [-0.2, -0.15) is 4.98 Å². The van der Waals surface area contributed by atoms with Crippen molar-refractivity contribution in [2.45, 2.75) is 25.8 Å². The van der Waals surface area contributed by atoms with Crippen molar-refractivity contribution in [3.63, 3.8) is 0 Å². The van der Waals surface area contributed by atoms with Gasteiger partial charge in [0, 0.05) is 24.2 Å². The zero-order chi connectivity index (χ0) is 17.2. The molecular weight excluding hydrogens is 317 g/mol. The van der Waals surface area contributed by atoms with Crippen molar-refractivity contribution >= 4 is 0 Å². The third-order valence-corrected chi connectivity index (χ3v) is 4.80. The predicted octanol–water partition coefficient (Wildman–Crippen LogP) is 4.17. The van der Waals surface area contributed by atoms with Crippen molar-refractivity contribution in [1.82, 2.24) is 15.0 Å². The fourth-order valence-corrected chi connectivity index (χ4v) is 3.38. The van der Waals surface area contributed by atoms with Crippen LogP contribution in [-0.2, 0) is 6.54 Å². The molecule has 0 bridgehead atoms. The highest BCUT2D eigenvalue weighted by atomic mass is 19.1. The average Bonchev–Trinajstić information content (AvgIpc) is 3.27. The Morgan fingerprint density at radius 1 is 1.16 bits per heavy atom. The van der Waals surface area contributed by atoms with Crippen LogP contribution in [0.2, 0.25) is 0 Å². The van der Waals surface area contributed by atoms with Gasteiger partial charge in [-0.05, 0) is 31.5 Å². The topological polar surface area (TPSA) is 42.2 Å². The maximum Gasteiger partial charge on any atom is 0.231 e. The van der Waals surface area contributed by atoms with E-state index < -0.39 is 0 Å². The SMILES string of the molecule is Cc1ccccc1-c1noc(C2CCN(Cc3ccccc3F)C2)n1.